The lowest BCUT2D eigenvalue weighted by atomic mass is 9.88. The fourth-order valence-corrected chi connectivity index (χ4v) is 13.5. The summed E-state index contributed by atoms with van der Waals surface area (Å²) in [6, 6.07) is 54.4. The summed E-state index contributed by atoms with van der Waals surface area (Å²) in [6.45, 7) is 0. The zero-order chi connectivity index (χ0) is 25.8. The van der Waals surface area contributed by atoms with Gasteiger partial charge < -0.3 is 0 Å². The molecule has 0 N–H and O–H groups in total. The van der Waals surface area contributed by atoms with Crippen molar-refractivity contribution >= 4 is 71.0 Å². The van der Waals surface area contributed by atoms with Crippen LogP contribution in [-0.2, 0) is 4.32 Å². The van der Waals surface area contributed by atoms with Gasteiger partial charge in [0, 0.05) is 0 Å². The first-order valence-electron chi connectivity index (χ1n) is 12.2. The Morgan fingerprint density at radius 2 is 0.676 bits per heavy atom. The van der Waals surface area contributed by atoms with Crippen LogP contribution in [0.5, 0.6) is 0 Å². The van der Waals surface area contributed by atoms with Crippen LogP contribution < -0.4 is 15.9 Å². The van der Waals surface area contributed by atoms with Crippen molar-refractivity contribution in [2.45, 2.75) is 7.56 Å². The maximum atomic E-state index is 4.32. The number of hydrogen-bond donors (Lipinski definition) is 0. The molecule has 5 aromatic rings. The van der Waals surface area contributed by atoms with Gasteiger partial charge in [0.15, 0.2) is 0 Å². The lowest BCUT2D eigenvalue weighted by molar-refractivity contribution is 0.727. The molecule has 0 heterocycles. The highest BCUT2D eigenvalue weighted by Gasteiger charge is 2.59. The highest BCUT2D eigenvalue weighted by molar-refractivity contribution is 9.26. The number of rotatable bonds is 8. The van der Waals surface area contributed by atoms with Crippen LogP contribution in [0.2, 0.25) is 0 Å². The molecule has 0 saturated carbocycles. The summed E-state index contributed by atoms with van der Waals surface area (Å²) in [4.78, 5) is 0. The van der Waals surface area contributed by atoms with E-state index in [-0.39, 0.29) is 0 Å². The van der Waals surface area contributed by atoms with Crippen molar-refractivity contribution in [1.29, 1.82) is 0 Å². The monoisotopic (exact) mass is 691 g/mol. The van der Waals surface area contributed by atoms with Crippen molar-refractivity contribution in [3.05, 3.63) is 163 Å². The Hall–Kier alpha value is -2.03. The van der Waals surface area contributed by atoms with E-state index < -0.39 is 14.8 Å². The second-order valence-corrected chi connectivity index (χ2v) is 17.5. The minimum Gasteiger partial charge on any atom is -0.0722 e. The van der Waals surface area contributed by atoms with Crippen molar-refractivity contribution in [2.75, 3.05) is 6.16 Å². The first kappa shape index (κ1) is 26.6. The summed E-state index contributed by atoms with van der Waals surface area (Å²) in [5.41, 5.74) is 2.37. The van der Waals surface area contributed by atoms with Crippen LogP contribution in [0, 0.1) is 0 Å². The summed E-state index contributed by atoms with van der Waals surface area (Å²) in [5.74, 6) is 0. The molecule has 0 bridgehead atoms. The molecule has 0 aliphatic carbocycles. The highest BCUT2D eigenvalue weighted by atomic mass is 79.9. The molecule has 5 rings (SSSR count). The summed E-state index contributed by atoms with van der Waals surface area (Å²) in [7, 11) is -2.14. The van der Waals surface area contributed by atoms with Crippen molar-refractivity contribution in [2.24, 2.45) is 0 Å². The standard InChI is InChI=1S/C33H27Br3P/c34-32(35,33(36,27-16-6-1-7-17-27)28-18-8-2-9-19-28)26-37(29-20-10-3-11-21-29,30-22-12-4-13-23-30)31-24-14-5-15-25-31/h1-25H,26H2/q+1. The zero-order valence-electron chi connectivity index (χ0n) is 20.2. The second-order valence-electron chi connectivity index (χ2n) is 9.07. The maximum Gasteiger partial charge on any atom is 0.138 e. The Balaban J connectivity index is 1.79. The van der Waals surface area contributed by atoms with E-state index in [1.807, 2.05) is 0 Å². The summed E-state index contributed by atoms with van der Waals surface area (Å²) >= 11 is 12.9. The van der Waals surface area contributed by atoms with Gasteiger partial charge in [0.25, 0.3) is 0 Å². The van der Waals surface area contributed by atoms with Crippen LogP contribution in [-0.4, -0.2) is 9.40 Å². The Bertz CT molecular complexity index is 1270. The second kappa shape index (κ2) is 11.4. The minimum absolute atomic E-state index is 0.549. The van der Waals surface area contributed by atoms with Gasteiger partial charge in [0.2, 0.25) is 0 Å². The van der Waals surface area contributed by atoms with Gasteiger partial charge >= 0.3 is 0 Å². The molecule has 0 aromatic heterocycles. The molecule has 5 aromatic carbocycles. The molecule has 0 amide bonds. The largest absolute Gasteiger partial charge is 0.138 e. The van der Waals surface area contributed by atoms with E-state index in [9.17, 15) is 0 Å². The Morgan fingerprint density at radius 3 is 0.973 bits per heavy atom. The van der Waals surface area contributed by atoms with E-state index in [1.165, 1.54) is 27.0 Å². The van der Waals surface area contributed by atoms with E-state index in [0.29, 0.717) is 0 Å². The van der Waals surface area contributed by atoms with E-state index in [4.69, 9.17) is 0 Å². The quantitative estimate of drug-likeness (QED) is 0.113. The van der Waals surface area contributed by atoms with Crippen LogP contribution in [0.4, 0.5) is 0 Å². The van der Waals surface area contributed by atoms with E-state index >= 15 is 0 Å². The molecule has 0 spiro atoms. The minimum atomic E-state index is -2.14. The molecule has 0 fully saturated rings. The number of halogens is 3. The third kappa shape index (κ3) is 5.04. The molecule has 0 atom stereocenters. The summed E-state index contributed by atoms with van der Waals surface area (Å²) < 4.78 is -1.10. The van der Waals surface area contributed by atoms with Crippen LogP contribution >= 0.6 is 55.1 Å². The van der Waals surface area contributed by atoms with E-state index in [1.54, 1.807) is 0 Å². The third-order valence-electron chi connectivity index (χ3n) is 6.87. The fraction of sp³-hybridized carbons (Fsp3) is 0.0909. The van der Waals surface area contributed by atoms with Crippen LogP contribution in [0.3, 0.4) is 0 Å². The lowest BCUT2D eigenvalue weighted by Gasteiger charge is -2.43. The predicted molar refractivity (Wildman–Crippen MR) is 173 cm³/mol. The molecule has 0 saturated heterocycles. The van der Waals surface area contributed by atoms with Crippen LogP contribution in [0.1, 0.15) is 11.1 Å². The van der Waals surface area contributed by atoms with Gasteiger partial charge in [-0.3, -0.25) is 0 Å². The molecule has 4 heteroatoms. The average molecular weight is 694 g/mol. The first-order valence-corrected chi connectivity index (χ1v) is 16.6. The van der Waals surface area contributed by atoms with Crippen molar-refractivity contribution in [1.82, 2.24) is 0 Å². The normalized spacial score (nSPS) is 12.3. The Labute approximate surface area is 245 Å². The van der Waals surface area contributed by atoms with Gasteiger partial charge in [0.05, 0.1) is 0 Å². The predicted octanol–water partition coefficient (Wildman–Crippen LogP) is 8.81. The molecule has 0 nitrogen and oxygen atoms in total. The molecule has 37 heavy (non-hydrogen) atoms. The van der Waals surface area contributed by atoms with Gasteiger partial charge in [-0.05, 0) is 47.5 Å². The molecular formula is C33H27Br3P+. The van der Waals surface area contributed by atoms with Gasteiger partial charge in [-0.1, -0.05) is 163 Å². The molecule has 0 radical (unpaired) electrons. The summed E-state index contributed by atoms with van der Waals surface area (Å²) in [5, 5.41) is 4.06. The van der Waals surface area contributed by atoms with Gasteiger partial charge in [-0.25, -0.2) is 0 Å². The fourth-order valence-electron chi connectivity index (χ4n) is 5.10. The number of benzene rings is 5. The van der Waals surface area contributed by atoms with Crippen molar-refractivity contribution < 1.29 is 0 Å². The number of alkyl halides is 3. The topological polar surface area (TPSA) is 0 Å². The smallest absolute Gasteiger partial charge is 0.0722 e. The van der Waals surface area contributed by atoms with Crippen molar-refractivity contribution in [3.8, 4) is 0 Å². The molecule has 0 aliphatic heterocycles. The van der Waals surface area contributed by atoms with Crippen molar-refractivity contribution in [3.63, 3.8) is 0 Å². The highest BCUT2D eigenvalue weighted by Crippen LogP contribution is 2.66. The van der Waals surface area contributed by atoms with Gasteiger partial charge in [-0.15, -0.1) is 0 Å². The Kier molecular flexibility index (Phi) is 8.17. The first-order chi connectivity index (χ1) is 18.0. The van der Waals surface area contributed by atoms with Crippen LogP contribution in [0.15, 0.2) is 152 Å². The zero-order valence-corrected chi connectivity index (χ0v) is 25.9. The van der Waals surface area contributed by atoms with Gasteiger partial charge in [-0.2, -0.15) is 0 Å². The number of hydrogen-bond acceptors (Lipinski definition) is 0. The third-order valence-corrected chi connectivity index (χ3v) is 16.6. The van der Waals surface area contributed by atoms with Gasteiger partial charge in [0.1, 0.15) is 36.9 Å². The van der Waals surface area contributed by atoms with E-state index in [0.717, 1.165) is 6.16 Å². The van der Waals surface area contributed by atoms with E-state index in [2.05, 4.69) is 199 Å². The molecular weight excluding hydrogens is 667 g/mol. The summed E-state index contributed by atoms with van der Waals surface area (Å²) in [6.07, 6.45) is 0.826. The molecule has 0 unspecified atom stereocenters. The molecule has 0 aliphatic rings. The Morgan fingerprint density at radius 1 is 0.405 bits per heavy atom. The SMILES string of the molecule is BrC(Br)(C[P+](c1ccccc1)(c1ccccc1)c1ccccc1)C(Br)(c1ccccc1)c1ccccc1. The average Bonchev–Trinajstić information content (AvgIpc) is 2.97. The maximum absolute atomic E-state index is 4.32. The van der Waals surface area contributed by atoms with Crippen LogP contribution in [0.25, 0.3) is 0 Å². The lowest BCUT2D eigenvalue weighted by Crippen LogP contribution is -2.47. The molecule has 184 valence electrons.